The SMILES string of the molecule is CCC(C)OC(=O)I. The molecular weight excluding hydrogens is 219 g/mol. The van der Waals surface area contributed by atoms with E-state index in [4.69, 9.17) is 4.74 Å². The van der Waals surface area contributed by atoms with Crippen molar-refractivity contribution in [2.24, 2.45) is 0 Å². The zero-order valence-corrected chi connectivity index (χ0v) is 7.14. The van der Waals surface area contributed by atoms with Gasteiger partial charge in [0.25, 0.3) is 0 Å². The molecule has 1 unspecified atom stereocenters. The number of hydrogen-bond donors (Lipinski definition) is 0. The molecular formula is C5H9IO2. The van der Waals surface area contributed by atoms with Crippen molar-refractivity contribution in [3.05, 3.63) is 0 Å². The summed E-state index contributed by atoms with van der Waals surface area (Å²) in [4.78, 5) is 10.2. The molecule has 0 rings (SSSR count). The predicted octanol–water partition coefficient (Wildman–Crippen LogP) is 2.36. The third-order valence-corrected chi connectivity index (χ3v) is 1.12. The molecule has 0 fully saturated rings. The van der Waals surface area contributed by atoms with Gasteiger partial charge >= 0.3 is 3.98 Å². The van der Waals surface area contributed by atoms with E-state index in [1.54, 1.807) is 22.6 Å². The van der Waals surface area contributed by atoms with Gasteiger partial charge in [0, 0.05) is 0 Å². The van der Waals surface area contributed by atoms with Gasteiger partial charge in [0.2, 0.25) is 0 Å². The lowest BCUT2D eigenvalue weighted by Gasteiger charge is -2.05. The van der Waals surface area contributed by atoms with Crippen LogP contribution in [0, 0.1) is 0 Å². The summed E-state index contributed by atoms with van der Waals surface area (Å²) in [6, 6.07) is 0. The maximum absolute atomic E-state index is 10.2. The van der Waals surface area contributed by atoms with E-state index in [9.17, 15) is 4.79 Å². The van der Waals surface area contributed by atoms with Crippen LogP contribution in [0.2, 0.25) is 0 Å². The standard InChI is InChI=1S/C5H9IO2/c1-3-4(2)8-5(6)7/h4H,3H2,1-2H3. The van der Waals surface area contributed by atoms with E-state index >= 15 is 0 Å². The van der Waals surface area contributed by atoms with Gasteiger partial charge in [-0.25, -0.2) is 4.79 Å². The monoisotopic (exact) mass is 228 g/mol. The first kappa shape index (κ1) is 8.20. The van der Waals surface area contributed by atoms with Crippen molar-refractivity contribution in [2.45, 2.75) is 26.4 Å². The van der Waals surface area contributed by atoms with Gasteiger partial charge in [0.1, 0.15) is 0 Å². The molecule has 0 saturated carbocycles. The molecule has 0 aromatic heterocycles. The lowest BCUT2D eigenvalue weighted by atomic mass is 10.3. The average molecular weight is 228 g/mol. The second-order valence-corrected chi connectivity index (χ2v) is 2.46. The molecule has 0 aromatic carbocycles. The quantitative estimate of drug-likeness (QED) is 0.535. The van der Waals surface area contributed by atoms with E-state index in [2.05, 4.69) is 0 Å². The molecule has 0 bridgehead atoms. The fraction of sp³-hybridized carbons (Fsp3) is 0.800. The van der Waals surface area contributed by atoms with E-state index in [-0.39, 0.29) is 10.1 Å². The summed E-state index contributed by atoms with van der Waals surface area (Å²) in [5.41, 5.74) is 0. The van der Waals surface area contributed by atoms with E-state index in [1.807, 2.05) is 13.8 Å². The first-order valence-electron chi connectivity index (χ1n) is 2.53. The summed E-state index contributed by atoms with van der Waals surface area (Å²) >= 11 is 1.62. The van der Waals surface area contributed by atoms with E-state index in [1.165, 1.54) is 0 Å². The number of ether oxygens (including phenoxy) is 1. The Morgan fingerprint density at radius 2 is 2.38 bits per heavy atom. The van der Waals surface area contributed by atoms with Gasteiger partial charge < -0.3 is 4.74 Å². The van der Waals surface area contributed by atoms with Crippen LogP contribution in [0.5, 0.6) is 0 Å². The van der Waals surface area contributed by atoms with Gasteiger partial charge in [0.15, 0.2) is 0 Å². The molecule has 0 amide bonds. The van der Waals surface area contributed by atoms with Crippen LogP contribution in [0.25, 0.3) is 0 Å². The molecule has 0 saturated heterocycles. The first-order valence-corrected chi connectivity index (χ1v) is 3.60. The van der Waals surface area contributed by atoms with Crippen molar-refractivity contribution in [1.29, 1.82) is 0 Å². The molecule has 0 aromatic rings. The summed E-state index contributed by atoms with van der Waals surface area (Å²) in [7, 11) is 0. The fourth-order valence-corrected chi connectivity index (χ4v) is 0.676. The van der Waals surface area contributed by atoms with Crippen LogP contribution in [0.1, 0.15) is 20.3 Å². The number of carbonyl (C=O) groups is 1. The molecule has 0 aliphatic carbocycles. The molecule has 0 radical (unpaired) electrons. The van der Waals surface area contributed by atoms with Gasteiger partial charge in [-0.05, 0) is 13.3 Å². The lowest BCUT2D eigenvalue weighted by molar-refractivity contribution is 0.134. The average Bonchev–Trinajstić information content (AvgIpc) is 1.65. The van der Waals surface area contributed by atoms with Gasteiger partial charge in [-0.3, -0.25) is 0 Å². The van der Waals surface area contributed by atoms with Crippen molar-refractivity contribution in [3.63, 3.8) is 0 Å². The van der Waals surface area contributed by atoms with Gasteiger partial charge in [0.05, 0.1) is 28.7 Å². The first-order chi connectivity index (χ1) is 3.66. The predicted molar refractivity (Wildman–Crippen MR) is 40.3 cm³/mol. The van der Waals surface area contributed by atoms with Crippen LogP contribution in [-0.2, 0) is 4.74 Å². The molecule has 8 heavy (non-hydrogen) atoms. The normalized spacial score (nSPS) is 12.9. The summed E-state index contributed by atoms with van der Waals surface area (Å²) in [6.07, 6.45) is 0.953. The zero-order chi connectivity index (χ0) is 6.57. The second-order valence-electron chi connectivity index (χ2n) is 1.57. The molecule has 0 spiro atoms. The van der Waals surface area contributed by atoms with Crippen LogP contribution in [0.15, 0.2) is 0 Å². The molecule has 0 N–H and O–H groups in total. The number of hydrogen-bond acceptors (Lipinski definition) is 2. The van der Waals surface area contributed by atoms with E-state index in [0.29, 0.717) is 0 Å². The van der Waals surface area contributed by atoms with Gasteiger partial charge in [-0.15, -0.1) is 0 Å². The van der Waals surface area contributed by atoms with Gasteiger partial charge in [-0.2, -0.15) is 0 Å². The van der Waals surface area contributed by atoms with Crippen LogP contribution < -0.4 is 0 Å². The number of rotatable bonds is 2. The summed E-state index contributed by atoms with van der Waals surface area (Å²) < 4.78 is 4.52. The fourth-order valence-electron chi connectivity index (χ4n) is 0.242. The lowest BCUT2D eigenvalue weighted by Crippen LogP contribution is -2.06. The van der Waals surface area contributed by atoms with E-state index < -0.39 is 0 Å². The molecule has 3 heteroatoms. The Balaban J connectivity index is 3.24. The number of carbonyl (C=O) groups excluding carboxylic acids is 1. The third kappa shape index (κ3) is 4.36. The van der Waals surface area contributed by atoms with Crippen molar-refractivity contribution >= 4 is 26.6 Å². The highest BCUT2D eigenvalue weighted by atomic mass is 127. The summed E-state index contributed by atoms with van der Waals surface area (Å²) in [6.45, 7) is 3.85. The van der Waals surface area contributed by atoms with Crippen molar-refractivity contribution < 1.29 is 9.53 Å². The van der Waals surface area contributed by atoms with Gasteiger partial charge in [-0.1, -0.05) is 6.92 Å². The molecule has 0 aliphatic heterocycles. The van der Waals surface area contributed by atoms with Crippen LogP contribution in [0.4, 0.5) is 4.79 Å². The van der Waals surface area contributed by atoms with Crippen LogP contribution >= 0.6 is 22.6 Å². The Morgan fingerprint density at radius 3 is 2.50 bits per heavy atom. The van der Waals surface area contributed by atoms with Crippen molar-refractivity contribution in [2.75, 3.05) is 0 Å². The summed E-state index contributed by atoms with van der Waals surface area (Å²) in [5, 5.41) is 0. The minimum absolute atomic E-state index is 0.0689. The maximum Gasteiger partial charge on any atom is 0.367 e. The van der Waals surface area contributed by atoms with Crippen molar-refractivity contribution in [3.8, 4) is 0 Å². The second kappa shape index (κ2) is 4.12. The van der Waals surface area contributed by atoms with Crippen molar-refractivity contribution in [1.82, 2.24) is 0 Å². The van der Waals surface area contributed by atoms with Crippen LogP contribution in [0.3, 0.4) is 0 Å². The molecule has 2 nitrogen and oxygen atoms in total. The Morgan fingerprint density at radius 1 is 1.88 bits per heavy atom. The highest BCUT2D eigenvalue weighted by Gasteiger charge is 2.00. The van der Waals surface area contributed by atoms with E-state index in [0.717, 1.165) is 6.42 Å². The molecule has 0 aliphatic rings. The number of halogens is 1. The highest BCUT2D eigenvalue weighted by molar-refractivity contribution is 14.1. The minimum atomic E-state index is -0.225. The molecule has 0 heterocycles. The maximum atomic E-state index is 10.2. The highest BCUT2D eigenvalue weighted by Crippen LogP contribution is 2.00. The summed E-state index contributed by atoms with van der Waals surface area (Å²) in [5.74, 6) is 0. The minimum Gasteiger partial charge on any atom is -0.455 e. The Bertz CT molecular complexity index is 82.5. The van der Waals surface area contributed by atoms with Crippen LogP contribution in [-0.4, -0.2) is 10.1 Å². The Kier molecular flexibility index (Phi) is 4.22. The largest absolute Gasteiger partial charge is 0.455 e. The molecule has 48 valence electrons. The third-order valence-electron chi connectivity index (χ3n) is 0.869. The Hall–Kier alpha value is 0.200. The topological polar surface area (TPSA) is 26.3 Å². The molecule has 1 atom stereocenters. The smallest absolute Gasteiger partial charge is 0.367 e. The Labute approximate surface area is 62.7 Å². The zero-order valence-electron chi connectivity index (χ0n) is 4.98.